The zero-order valence-electron chi connectivity index (χ0n) is 16.1. The van der Waals surface area contributed by atoms with E-state index in [1.807, 2.05) is 67.2 Å². The first-order valence-electron chi connectivity index (χ1n) is 9.36. The van der Waals surface area contributed by atoms with Crippen molar-refractivity contribution < 1.29 is 4.79 Å². The van der Waals surface area contributed by atoms with Crippen LogP contribution in [0.1, 0.15) is 36.3 Å². The molecule has 0 aliphatic rings. The SMILES string of the molecule is CC(CCc1ccccc1)NC(=O)NC(c1ccc(Cl)cc1)c1nccn1C. The maximum atomic E-state index is 12.6. The van der Waals surface area contributed by atoms with Crippen molar-refractivity contribution in [2.45, 2.75) is 31.8 Å². The molecular weight excluding hydrogens is 372 g/mol. The van der Waals surface area contributed by atoms with Crippen LogP contribution in [0.4, 0.5) is 4.79 Å². The van der Waals surface area contributed by atoms with Gasteiger partial charge in [-0.05, 0) is 43.0 Å². The van der Waals surface area contributed by atoms with Crippen LogP contribution in [0.25, 0.3) is 0 Å². The van der Waals surface area contributed by atoms with Gasteiger partial charge >= 0.3 is 6.03 Å². The predicted octanol–water partition coefficient (Wildman–Crippen LogP) is 4.48. The number of hydrogen-bond acceptors (Lipinski definition) is 2. The van der Waals surface area contributed by atoms with Crippen LogP contribution in [-0.4, -0.2) is 21.6 Å². The summed E-state index contributed by atoms with van der Waals surface area (Å²) >= 11 is 6.01. The number of imidazole rings is 1. The molecule has 1 heterocycles. The fraction of sp³-hybridized carbons (Fsp3) is 0.273. The van der Waals surface area contributed by atoms with Gasteiger partial charge in [0.1, 0.15) is 11.9 Å². The van der Waals surface area contributed by atoms with E-state index in [4.69, 9.17) is 11.6 Å². The Morgan fingerprint density at radius 3 is 2.46 bits per heavy atom. The third-order valence-electron chi connectivity index (χ3n) is 4.68. The molecule has 3 rings (SSSR count). The van der Waals surface area contributed by atoms with E-state index in [1.165, 1.54) is 5.56 Å². The number of aromatic nitrogens is 2. The summed E-state index contributed by atoms with van der Waals surface area (Å²) in [6, 6.07) is 17.2. The van der Waals surface area contributed by atoms with Crippen molar-refractivity contribution in [3.63, 3.8) is 0 Å². The van der Waals surface area contributed by atoms with E-state index in [2.05, 4.69) is 27.8 Å². The number of hydrogen-bond donors (Lipinski definition) is 2. The minimum Gasteiger partial charge on any atom is -0.336 e. The van der Waals surface area contributed by atoms with E-state index in [9.17, 15) is 4.79 Å². The molecule has 2 aromatic carbocycles. The van der Waals surface area contributed by atoms with Gasteiger partial charge < -0.3 is 15.2 Å². The number of aryl methyl sites for hydroxylation is 2. The van der Waals surface area contributed by atoms with E-state index in [0.29, 0.717) is 5.02 Å². The summed E-state index contributed by atoms with van der Waals surface area (Å²) in [5.41, 5.74) is 2.19. The summed E-state index contributed by atoms with van der Waals surface area (Å²) in [6.45, 7) is 2.01. The molecule has 6 heteroatoms. The van der Waals surface area contributed by atoms with Crippen LogP contribution in [0, 0.1) is 0 Å². The molecule has 0 bridgehead atoms. The quantitative estimate of drug-likeness (QED) is 0.618. The first kappa shape index (κ1) is 20.0. The first-order valence-corrected chi connectivity index (χ1v) is 9.74. The summed E-state index contributed by atoms with van der Waals surface area (Å²) < 4.78 is 1.90. The second-order valence-electron chi connectivity index (χ2n) is 6.92. The molecule has 5 nitrogen and oxygen atoms in total. The topological polar surface area (TPSA) is 59.0 Å². The third kappa shape index (κ3) is 5.36. The van der Waals surface area contributed by atoms with Gasteiger partial charge in [-0.25, -0.2) is 9.78 Å². The molecule has 3 aromatic rings. The first-order chi connectivity index (χ1) is 13.5. The molecule has 0 aliphatic carbocycles. The molecule has 0 saturated heterocycles. The molecule has 1 aromatic heterocycles. The second kappa shape index (κ2) is 9.42. The van der Waals surface area contributed by atoms with E-state index >= 15 is 0 Å². The Morgan fingerprint density at radius 1 is 1.11 bits per heavy atom. The van der Waals surface area contributed by atoms with Gasteiger partial charge in [-0.1, -0.05) is 54.1 Å². The summed E-state index contributed by atoms with van der Waals surface area (Å²) in [5.74, 6) is 0.759. The van der Waals surface area contributed by atoms with E-state index in [1.54, 1.807) is 6.20 Å². The van der Waals surface area contributed by atoms with Crippen LogP contribution >= 0.6 is 11.6 Å². The monoisotopic (exact) mass is 396 g/mol. The van der Waals surface area contributed by atoms with Gasteiger partial charge in [0.05, 0.1) is 0 Å². The lowest BCUT2D eigenvalue weighted by Gasteiger charge is -2.21. The maximum absolute atomic E-state index is 12.6. The largest absolute Gasteiger partial charge is 0.336 e. The Kier molecular flexibility index (Phi) is 6.71. The summed E-state index contributed by atoms with van der Waals surface area (Å²) in [7, 11) is 1.91. The van der Waals surface area contributed by atoms with Crippen molar-refractivity contribution in [3.8, 4) is 0 Å². The van der Waals surface area contributed by atoms with Gasteiger partial charge in [-0.2, -0.15) is 0 Å². The van der Waals surface area contributed by atoms with Crippen molar-refractivity contribution >= 4 is 17.6 Å². The molecule has 28 heavy (non-hydrogen) atoms. The minimum absolute atomic E-state index is 0.0486. The molecule has 0 aliphatic heterocycles. The van der Waals surface area contributed by atoms with Crippen LogP contribution < -0.4 is 10.6 Å². The van der Waals surface area contributed by atoms with Gasteiger partial charge in [0.15, 0.2) is 0 Å². The zero-order valence-corrected chi connectivity index (χ0v) is 16.9. The van der Waals surface area contributed by atoms with Crippen molar-refractivity contribution in [3.05, 3.63) is 89.0 Å². The number of halogens is 1. The second-order valence-corrected chi connectivity index (χ2v) is 7.36. The Balaban J connectivity index is 1.64. The number of carbonyl (C=O) groups is 1. The Bertz CT molecular complexity index is 892. The molecule has 2 N–H and O–H groups in total. The Labute approximate surface area is 170 Å². The minimum atomic E-state index is -0.362. The Hall–Kier alpha value is -2.79. The van der Waals surface area contributed by atoms with E-state index in [0.717, 1.165) is 24.2 Å². The lowest BCUT2D eigenvalue weighted by Crippen LogP contribution is -2.43. The van der Waals surface area contributed by atoms with Gasteiger partial charge in [0.25, 0.3) is 0 Å². The van der Waals surface area contributed by atoms with Crippen molar-refractivity contribution in [2.24, 2.45) is 7.05 Å². The lowest BCUT2D eigenvalue weighted by molar-refractivity contribution is 0.234. The standard InChI is InChI=1S/C22H25ClN4O/c1-16(8-9-17-6-4-3-5-7-17)25-22(28)26-20(21-24-14-15-27(21)2)18-10-12-19(23)13-11-18/h3-7,10-16,20H,8-9H2,1-2H3,(H2,25,26,28). The van der Waals surface area contributed by atoms with Gasteiger partial charge in [-0.3, -0.25) is 0 Å². The zero-order chi connectivity index (χ0) is 19.9. The summed E-state index contributed by atoms with van der Waals surface area (Å²) in [6.07, 6.45) is 5.37. The molecule has 0 fully saturated rings. The highest BCUT2D eigenvalue weighted by Crippen LogP contribution is 2.22. The van der Waals surface area contributed by atoms with Crippen LogP contribution in [-0.2, 0) is 13.5 Å². The molecule has 146 valence electrons. The average Bonchev–Trinajstić information content (AvgIpc) is 3.12. The van der Waals surface area contributed by atoms with Crippen molar-refractivity contribution in [1.82, 2.24) is 20.2 Å². The normalized spacial score (nSPS) is 13.0. The lowest BCUT2D eigenvalue weighted by atomic mass is 10.1. The molecule has 0 spiro atoms. The van der Waals surface area contributed by atoms with Crippen LogP contribution in [0.15, 0.2) is 67.0 Å². The molecule has 2 amide bonds. The maximum Gasteiger partial charge on any atom is 0.315 e. The highest BCUT2D eigenvalue weighted by atomic mass is 35.5. The van der Waals surface area contributed by atoms with Crippen LogP contribution in [0.2, 0.25) is 5.02 Å². The van der Waals surface area contributed by atoms with Gasteiger partial charge in [-0.15, -0.1) is 0 Å². The Morgan fingerprint density at radius 2 is 1.82 bits per heavy atom. The van der Waals surface area contributed by atoms with Crippen molar-refractivity contribution in [1.29, 1.82) is 0 Å². The van der Waals surface area contributed by atoms with Gasteiger partial charge in [0.2, 0.25) is 0 Å². The number of rotatable bonds is 7. The van der Waals surface area contributed by atoms with Crippen molar-refractivity contribution in [2.75, 3.05) is 0 Å². The molecule has 2 atom stereocenters. The highest BCUT2D eigenvalue weighted by Gasteiger charge is 2.21. The van der Waals surface area contributed by atoms with E-state index in [-0.39, 0.29) is 18.1 Å². The van der Waals surface area contributed by atoms with Crippen LogP contribution in [0.3, 0.4) is 0 Å². The van der Waals surface area contributed by atoms with Gasteiger partial charge in [0, 0.05) is 30.5 Å². The third-order valence-corrected chi connectivity index (χ3v) is 4.93. The molecule has 0 saturated carbocycles. The summed E-state index contributed by atoms with van der Waals surface area (Å²) in [4.78, 5) is 17.0. The molecule has 0 radical (unpaired) electrons. The highest BCUT2D eigenvalue weighted by molar-refractivity contribution is 6.30. The fourth-order valence-electron chi connectivity index (χ4n) is 3.10. The average molecular weight is 397 g/mol. The summed E-state index contributed by atoms with van der Waals surface area (Å²) in [5, 5.41) is 6.73. The fourth-order valence-corrected chi connectivity index (χ4v) is 3.23. The molecular formula is C22H25ClN4O. The van der Waals surface area contributed by atoms with Crippen LogP contribution in [0.5, 0.6) is 0 Å². The smallest absolute Gasteiger partial charge is 0.315 e. The number of nitrogens with zero attached hydrogens (tertiary/aromatic N) is 2. The number of benzene rings is 2. The van der Waals surface area contributed by atoms with E-state index < -0.39 is 0 Å². The number of carbonyl (C=O) groups excluding carboxylic acids is 1. The predicted molar refractivity (Wildman–Crippen MR) is 112 cm³/mol. The number of nitrogens with one attached hydrogen (secondary N) is 2. The number of urea groups is 1. The molecule has 2 unspecified atom stereocenters. The number of amides is 2.